The van der Waals surface area contributed by atoms with Gasteiger partial charge >= 0.3 is 0 Å². The first-order valence-electron chi connectivity index (χ1n) is 4.71. The molecule has 0 heterocycles. The van der Waals surface area contributed by atoms with Crippen molar-refractivity contribution in [3.8, 4) is 11.5 Å². The molecule has 0 unspecified atom stereocenters. The zero-order valence-electron chi connectivity index (χ0n) is 8.42. The van der Waals surface area contributed by atoms with Gasteiger partial charge in [-0.2, -0.15) is 0 Å². The van der Waals surface area contributed by atoms with E-state index in [4.69, 9.17) is 0 Å². The third-order valence-electron chi connectivity index (χ3n) is 2.17. The molecule has 1 rings (SSSR count). The fourth-order valence-corrected chi connectivity index (χ4v) is 1.63. The van der Waals surface area contributed by atoms with Gasteiger partial charge in [-0.25, -0.2) is 0 Å². The standard InChI is InChI=1S/C11H15BrO2/c1-7(2)3-4-8-5-6-9(13)10(12)11(8)14/h5-7,13-14H,3-4H2,1-2H3. The van der Waals surface area contributed by atoms with E-state index < -0.39 is 0 Å². The summed E-state index contributed by atoms with van der Waals surface area (Å²) in [6, 6.07) is 3.36. The summed E-state index contributed by atoms with van der Waals surface area (Å²) in [6.45, 7) is 4.29. The molecule has 2 N–H and O–H groups in total. The Hall–Kier alpha value is -0.700. The van der Waals surface area contributed by atoms with Crippen LogP contribution in [0.1, 0.15) is 25.8 Å². The van der Waals surface area contributed by atoms with Gasteiger partial charge in [-0.3, -0.25) is 0 Å². The molecule has 0 atom stereocenters. The Bertz CT molecular complexity index is 321. The first kappa shape index (κ1) is 11.4. The molecule has 1 aromatic rings. The highest BCUT2D eigenvalue weighted by Crippen LogP contribution is 2.36. The number of phenolic OH excluding ortho intramolecular Hbond substituents is 2. The van der Waals surface area contributed by atoms with Crippen molar-refractivity contribution in [1.29, 1.82) is 0 Å². The lowest BCUT2D eigenvalue weighted by molar-refractivity contribution is 0.437. The molecule has 0 amide bonds. The number of benzene rings is 1. The van der Waals surface area contributed by atoms with Crippen LogP contribution in [0.3, 0.4) is 0 Å². The first-order chi connectivity index (χ1) is 6.52. The highest BCUT2D eigenvalue weighted by molar-refractivity contribution is 9.10. The topological polar surface area (TPSA) is 40.5 Å². The second kappa shape index (κ2) is 4.69. The van der Waals surface area contributed by atoms with Crippen LogP contribution in [0.25, 0.3) is 0 Å². The van der Waals surface area contributed by atoms with Gasteiger partial charge in [0.25, 0.3) is 0 Å². The van der Waals surface area contributed by atoms with E-state index in [0.717, 1.165) is 18.4 Å². The zero-order valence-corrected chi connectivity index (χ0v) is 10.0. The predicted molar refractivity (Wildman–Crippen MR) is 60.6 cm³/mol. The van der Waals surface area contributed by atoms with E-state index >= 15 is 0 Å². The Morgan fingerprint density at radius 1 is 1.29 bits per heavy atom. The lowest BCUT2D eigenvalue weighted by atomic mass is 10.0. The minimum absolute atomic E-state index is 0.0794. The number of halogens is 1. The number of aryl methyl sites for hydroxylation is 1. The third kappa shape index (κ3) is 2.64. The molecule has 0 aromatic heterocycles. The van der Waals surface area contributed by atoms with Gasteiger partial charge in [0.2, 0.25) is 0 Å². The summed E-state index contributed by atoms with van der Waals surface area (Å²) in [5, 5.41) is 19.0. The second-order valence-corrected chi connectivity index (χ2v) is 4.63. The maximum atomic E-state index is 9.68. The van der Waals surface area contributed by atoms with Crippen LogP contribution < -0.4 is 0 Å². The van der Waals surface area contributed by atoms with Gasteiger partial charge < -0.3 is 10.2 Å². The Kier molecular flexibility index (Phi) is 3.81. The summed E-state index contributed by atoms with van der Waals surface area (Å²) < 4.78 is 0.388. The molecule has 0 fully saturated rings. The summed E-state index contributed by atoms with van der Waals surface area (Å²) in [4.78, 5) is 0. The van der Waals surface area contributed by atoms with Crippen molar-refractivity contribution in [3.63, 3.8) is 0 Å². The molecular weight excluding hydrogens is 244 g/mol. The Morgan fingerprint density at radius 3 is 2.50 bits per heavy atom. The van der Waals surface area contributed by atoms with Gasteiger partial charge in [-0.15, -0.1) is 0 Å². The van der Waals surface area contributed by atoms with E-state index in [1.54, 1.807) is 12.1 Å². The van der Waals surface area contributed by atoms with Gasteiger partial charge in [-0.05, 0) is 46.3 Å². The molecule has 0 aliphatic carbocycles. The number of rotatable bonds is 3. The number of aromatic hydroxyl groups is 2. The summed E-state index contributed by atoms with van der Waals surface area (Å²) in [5.74, 6) is 0.850. The molecule has 0 spiro atoms. The average molecular weight is 259 g/mol. The van der Waals surface area contributed by atoms with E-state index in [1.807, 2.05) is 0 Å². The van der Waals surface area contributed by atoms with Crippen molar-refractivity contribution >= 4 is 15.9 Å². The van der Waals surface area contributed by atoms with E-state index in [9.17, 15) is 10.2 Å². The summed E-state index contributed by atoms with van der Waals surface area (Å²) in [7, 11) is 0. The number of hydrogen-bond donors (Lipinski definition) is 2. The summed E-state index contributed by atoms with van der Waals surface area (Å²) in [5.41, 5.74) is 0.878. The van der Waals surface area contributed by atoms with E-state index in [1.165, 1.54) is 0 Å². The minimum atomic E-state index is 0.0794. The molecular formula is C11H15BrO2. The van der Waals surface area contributed by atoms with Crippen LogP contribution in [0.5, 0.6) is 11.5 Å². The van der Waals surface area contributed by atoms with Crippen molar-refractivity contribution in [2.75, 3.05) is 0 Å². The van der Waals surface area contributed by atoms with Crippen LogP contribution in [-0.2, 0) is 6.42 Å². The van der Waals surface area contributed by atoms with Gasteiger partial charge in [0.1, 0.15) is 16.0 Å². The molecule has 0 aliphatic rings. The summed E-state index contributed by atoms with van der Waals surface area (Å²) in [6.07, 6.45) is 1.87. The number of phenols is 2. The molecule has 2 nitrogen and oxygen atoms in total. The smallest absolute Gasteiger partial charge is 0.136 e. The lowest BCUT2D eigenvalue weighted by Gasteiger charge is -2.08. The van der Waals surface area contributed by atoms with Crippen LogP contribution in [-0.4, -0.2) is 10.2 Å². The quantitative estimate of drug-likeness (QED) is 0.872. The molecule has 0 bridgehead atoms. The van der Waals surface area contributed by atoms with Gasteiger partial charge in [0.05, 0.1) is 0 Å². The second-order valence-electron chi connectivity index (χ2n) is 3.84. The largest absolute Gasteiger partial charge is 0.507 e. The Morgan fingerprint density at radius 2 is 1.93 bits per heavy atom. The maximum absolute atomic E-state index is 9.68. The number of hydrogen-bond acceptors (Lipinski definition) is 2. The highest BCUT2D eigenvalue weighted by Gasteiger charge is 2.09. The van der Waals surface area contributed by atoms with Crippen molar-refractivity contribution in [3.05, 3.63) is 22.2 Å². The molecule has 78 valence electrons. The predicted octanol–water partition coefficient (Wildman–Crippen LogP) is 3.45. The maximum Gasteiger partial charge on any atom is 0.136 e. The Labute approximate surface area is 92.7 Å². The molecule has 3 heteroatoms. The molecule has 1 aromatic carbocycles. The molecule has 14 heavy (non-hydrogen) atoms. The highest BCUT2D eigenvalue weighted by atomic mass is 79.9. The Balaban J connectivity index is 2.83. The van der Waals surface area contributed by atoms with Gasteiger partial charge in [0, 0.05) is 0 Å². The van der Waals surface area contributed by atoms with Crippen LogP contribution in [0.15, 0.2) is 16.6 Å². The molecule has 0 saturated carbocycles. The fourth-order valence-electron chi connectivity index (χ4n) is 1.24. The van der Waals surface area contributed by atoms with Crippen molar-refractivity contribution in [2.45, 2.75) is 26.7 Å². The SMILES string of the molecule is CC(C)CCc1ccc(O)c(Br)c1O. The molecule has 0 aliphatic heterocycles. The van der Waals surface area contributed by atoms with Crippen LogP contribution >= 0.6 is 15.9 Å². The van der Waals surface area contributed by atoms with Crippen molar-refractivity contribution < 1.29 is 10.2 Å². The average Bonchev–Trinajstić information content (AvgIpc) is 2.13. The normalized spacial score (nSPS) is 10.9. The molecule has 0 saturated heterocycles. The van der Waals surface area contributed by atoms with Crippen LogP contribution in [0.4, 0.5) is 0 Å². The van der Waals surface area contributed by atoms with Crippen LogP contribution in [0, 0.1) is 5.92 Å². The molecule has 0 radical (unpaired) electrons. The fraction of sp³-hybridized carbons (Fsp3) is 0.455. The van der Waals surface area contributed by atoms with E-state index in [0.29, 0.717) is 10.4 Å². The van der Waals surface area contributed by atoms with E-state index in [2.05, 4.69) is 29.8 Å². The monoisotopic (exact) mass is 258 g/mol. The zero-order chi connectivity index (χ0) is 10.7. The van der Waals surface area contributed by atoms with Crippen molar-refractivity contribution in [2.24, 2.45) is 5.92 Å². The van der Waals surface area contributed by atoms with Crippen LogP contribution in [0.2, 0.25) is 0 Å². The van der Waals surface area contributed by atoms with Crippen molar-refractivity contribution in [1.82, 2.24) is 0 Å². The first-order valence-corrected chi connectivity index (χ1v) is 5.51. The van der Waals surface area contributed by atoms with Gasteiger partial charge in [-0.1, -0.05) is 19.9 Å². The third-order valence-corrected chi connectivity index (χ3v) is 2.95. The lowest BCUT2D eigenvalue weighted by Crippen LogP contribution is -1.92. The summed E-state index contributed by atoms with van der Waals surface area (Å²) >= 11 is 3.14. The van der Waals surface area contributed by atoms with E-state index in [-0.39, 0.29) is 11.5 Å². The van der Waals surface area contributed by atoms with Gasteiger partial charge in [0.15, 0.2) is 0 Å². The minimum Gasteiger partial charge on any atom is -0.507 e.